The van der Waals surface area contributed by atoms with Gasteiger partial charge in [-0.25, -0.2) is 0 Å². The van der Waals surface area contributed by atoms with Crippen LogP contribution < -0.4 is 5.32 Å². The summed E-state index contributed by atoms with van der Waals surface area (Å²) < 4.78 is 6.21. The van der Waals surface area contributed by atoms with E-state index in [1.165, 1.54) is 12.0 Å². The minimum absolute atomic E-state index is 0.0530. The predicted octanol–water partition coefficient (Wildman–Crippen LogP) is 9.37. The van der Waals surface area contributed by atoms with Crippen molar-refractivity contribution in [3.05, 3.63) is 95.3 Å². The molecular formula is C46H73N7O3. The number of amides is 2. The molecule has 0 radical (unpaired) electrons. The Balaban J connectivity index is 0.00000271. The van der Waals surface area contributed by atoms with Crippen LogP contribution in [0, 0.1) is 22.1 Å². The van der Waals surface area contributed by atoms with Gasteiger partial charge in [-0.15, -0.1) is 6.58 Å². The first kappa shape index (κ1) is 51.2. The van der Waals surface area contributed by atoms with E-state index >= 15 is 0 Å². The lowest BCUT2D eigenvalue weighted by molar-refractivity contribution is -0.130. The largest absolute Gasteiger partial charge is 0.424 e. The summed E-state index contributed by atoms with van der Waals surface area (Å²) in [4.78, 5) is 31.1. The van der Waals surface area contributed by atoms with Crippen LogP contribution in [-0.2, 0) is 21.4 Å². The van der Waals surface area contributed by atoms with Crippen molar-refractivity contribution in [2.75, 3.05) is 47.8 Å². The molecule has 1 heterocycles. The lowest BCUT2D eigenvalue weighted by Gasteiger charge is -2.38. The molecule has 56 heavy (non-hydrogen) atoms. The van der Waals surface area contributed by atoms with Crippen LogP contribution in [0.2, 0.25) is 0 Å². The maximum atomic E-state index is 13.0. The number of nitrogens with one attached hydrogen (secondary N) is 3. The number of allylic oxidation sites excluding steroid dienone is 5. The number of aryl methyl sites for hydroxylation is 1. The Hall–Kier alpha value is -4.75. The standard InChI is InChI=1S/C37H50N6O3.C4H9N.C3H8.C2H6/c1-7-11-14-26(9-3)34(39)46-36(40)37(20-21-41-25-33(44)43-22-12-15-30(43)24-38)31(10-4)27(13-8-2)16-17-28-23-29(18-19-32(28)37)35(45)42(5)6;1-4-5(2)3;1-3-2;1-2/h7-8,11,14,18-19,23,30,39-41H,2,9-10,12-13,15-17,20-22,25H2,1,3-6H3;4H,1H2,2-3H3;3H2,1-2H3;1-2H3/b11-7-,26-14+,39-34?,40-36?;;;. The molecule has 1 aromatic carbocycles. The van der Waals surface area contributed by atoms with E-state index in [0.717, 1.165) is 29.5 Å². The van der Waals surface area contributed by atoms with E-state index in [9.17, 15) is 20.3 Å². The molecule has 10 nitrogen and oxygen atoms in total. The normalized spacial score (nSPS) is 17.3. The molecule has 3 rings (SSSR count). The van der Waals surface area contributed by atoms with Crippen molar-refractivity contribution in [3.63, 3.8) is 0 Å². The molecule has 0 bridgehead atoms. The fourth-order valence-corrected chi connectivity index (χ4v) is 6.71. The van der Waals surface area contributed by atoms with E-state index < -0.39 is 5.41 Å². The first-order chi connectivity index (χ1) is 26.8. The van der Waals surface area contributed by atoms with Crippen LogP contribution in [0.4, 0.5) is 0 Å². The van der Waals surface area contributed by atoms with Gasteiger partial charge < -0.3 is 24.8 Å². The Morgan fingerprint density at radius 1 is 1.11 bits per heavy atom. The summed E-state index contributed by atoms with van der Waals surface area (Å²) in [7, 11) is 7.33. The number of ether oxygens (including phenoxy) is 1. The zero-order valence-electron chi connectivity index (χ0n) is 36.6. The van der Waals surface area contributed by atoms with Crippen LogP contribution in [0.1, 0.15) is 121 Å². The number of nitriles is 1. The van der Waals surface area contributed by atoms with Gasteiger partial charge in [0.1, 0.15) is 6.04 Å². The van der Waals surface area contributed by atoms with Gasteiger partial charge in [-0.05, 0) is 94.3 Å². The van der Waals surface area contributed by atoms with Crippen molar-refractivity contribution in [1.82, 2.24) is 20.0 Å². The molecule has 2 atom stereocenters. The van der Waals surface area contributed by atoms with Gasteiger partial charge in [-0.2, -0.15) is 5.26 Å². The van der Waals surface area contributed by atoms with Gasteiger partial charge in [-0.1, -0.05) is 96.1 Å². The van der Waals surface area contributed by atoms with E-state index in [4.69, 9.17) is 10.1 Å². The van der Waals surface area contributed by atoms with Crippen molar-refractivity contribution in [2.45, 2.75) is 118 Å². The third-order valence-electron chi connectivity index (χ3n) is 9.39. The molecule has 1 fully saturated rings. The van der Waals surface area contributed by atoms with Gasteiger partial charge in [0, 0.05) is 45.9 Å². The average molecular weight is 772 g/mol. The molecule has 10 heteroatoms. The van der Waals surface area contributed by atoms with E-state index in [-0.39, 0.29) is 36.2 Å². The first-order valence-electron chi connectivity index (χ1n) is 20.3. The van der Waals surface area contributed by atoms with Crippen molar-refractivity contribution < 1.29 is 14.3 Å². The number of carbonyl (C=O) groups is 2. The highest BCUT2D eigenvalue weighted by atomic mass is 16.5. The maximum Gasteiger partial charge on any atom is 0.253 e. The Labute approximate surface area is 340 Å². The summed E-state index contributed by atoms with van der Waals surface area (Å²) in [6.07, 6.45) is 15.7. The number of rotatable bonds is 14. The van der Waals surface area contributed by atoms with Gasteiger partial charge in [-0.3, -0.25) is 20.4 Å². The zero-order valence-corrected chi connectivity index (χ0v) is 36.6. The third-order valence-corrected chi connectivity index (χ3v) is 9.39. The van der Waals surface area contributed by atoms with Gasteiger partial charge >= 0.3 is 0 Å². The summed E-state index contributed by atoms with van der Waals surface area (Å²) in [5, 5.41) is 31.2. The molecule has 1 aromatic rings. The number of fused-ring (bicyclic) bond motifs is 1. The van der Waals surface area contributed by atoms with Crippen LogP contribution in [0.25, 0.3) is 0 Å². The Bertz CT molecular complexity index is 1580. The van der Waals surface area contributed by atoms with Gasteiger partial charge in [0.2, 0.25) is 17.7 Å². The number of likely N-dealkylation sites (tertiary alicyclic amines) is 1. The molecule has 0 aromatic heterocycles. The lowest BCUT2D eigenvalue weighted by Crippen LogP contribution is -2.45. The number of hydrogen-bond acceptors (Lipinski definition) is 8. The highest BCUT2D eigenvalue weighted by Gasteiger charge is 2.46. The SMILES string of the molecule is C=CCC1=C(CC)C(CCNCC(=O)N2CCCC2C#N)(C(=N)OC(=N)/C(=C/C=C\C)CC)c2ccc(C(=O)N(C)C)cc2CC1.C=CN(C)C.CC.CCC. The molecule has 2 unspecified atom stereocenters. The van der Waals surface area contributed by atoms with Gasteiger partial charge in [0.25, 0.3) is 5.91 Å². The minimum Gasteiger partial charge on any atom is -0.424 e. The second kappa shape index (κ2) is 27.8. The quantitative estimate of drug-likeness (QED) is 0.0567. The molecule has 1 aliphatic carbocycles. The lowest BCUT2D eigenvalue weighted by atomic mass is 9.68. The van der Waals surface area contributed by atoms with Crippen LogP contribution in [-0.4, -0.2) is 92.2 Å². The van der Waals surface area contributed by atoms with Crippen molar-refractivity contribution >= 4 is 23.6 Å². The summed E-state index contributed by atoms with van der Waals surface area (Å²) >= 11 is 0. The number of hydrogen-bond donors (Lipinski definition) is 3. The predicted molar refractivity (Wildman–Crippen MR) is 235 cm³/mol. The van der Waals surface area contributed by atoms with E-state index in [1.54, 1.807) is 30.1 Å². The van der Waals surface area contributed by atoms with Crippen molar-refractivity contribution in [2.24, 2.45) is 0 Å². The van der Waals surface area contributed by atoms with E-state index in [1.807, 2.05) is 89.2 Å². The van der Waals surface area contributed by atoms with Crippen LogP contribution in [0.3, 0.4) is 0 Å². The Morgan fingerprint density at radius 3 is 2.27 bits per heavy atom. The highest BCUT2D eigenvalue weighted by molar-refractivity contribution is 6.04. The van der Waals surface area contributed by atoms with Crippen LogP contribution >= 0.6 is 0 Å². The molecule has 1 aliphatic heterocycles. The monoisotopic (exact) mass is 772 g/mol. The zero-order chi connectivity index (χ0) is 42.8. The van der Waals surface area contributed by atoms with Crippen molar-refractivity contribution in [3.8, 4) is 6.07 Å². The molecule has 0 saturated carbocycles. The Morgan fingerprint density at radius 2 is 1.75 bits per heavy atom. The number of benzene rings is 1. The molecular weight excluding hydrogens is 699 g/mol. The van der Waals surface area contributed by atoms with E-state index in [0.29, 0.717) is 62.8 Å². The molecule has 2 aliphatic rings. The Kier molecular flexibility index (Phi) is 25.4. The smallest absolute Gasteiger partial charge is 0.253 e. The highest BCUT2D eigenvalue weighted by Crippen LogP contribution is 2.46. The first-order valence-corrected chi connectivity index (χ1v) is 20.3. The molecule has 0 spiro atoms. The van der Waals surface area contributed by atoms with Gasteiger partial charge in [0.15, 0.2) is 0 Å². The van der Waals surface area contributed by atoms with Crippen LogP contribution in [0.15, 0.2) is 78.6 Å². The second-order valence-electron chi connectivity index (χ2n) is 13.9. The molecule has 2 amide bonds. The fourth-order valence-electron chi connectivity index (χ4n) is 6.71. The van der Waals surface area contributed by atoms with Crippen LogP contribution in [0.5, 0.6) is 0 Å². The summed E-state index contributed by atoms with van der Waals surface area (Å²) in [5.41, 5.74) is 4.25. The third kappa shape index (κ3) is 14.7. The summed E-state index contributed by atoms with van der Waals surface area (Å²) in [6.45, 7) is 22.7. The topological polar surface area (TPSA) is 137 Å². The summed E-state index contributed by atoms with van der Waals surface area (Å²) in [6, 6.07) is 7.54. The summed E-state index contributed by atoms with van der Waals surface area (Å²) in [5.74, 6) is -0.335. The van der Waals surface area contributed by atoms with E-state index in [2.05, 4.69) is 45.3 Å². The molecule has 310 valence electrons. The number of nitrogens with zero attached hydrogens (tertiary/aromatic N) is 4. The molecule has 1 saturated heterocycles. The minimum atomic E-state index is -1.05. The molecule has 3 N–H and O–H groups in total. The second-order valence-corrected chi connectivity index (χ2v) is 13.9. The average Bonchev–Trinajstić information content (AvgIpc) is 3.63. The fraction of sp³-hybridized carbons (Fsp3) is 0.543. The number of carbonyl (C=O) groups excluding carboxylic acids is 2. The van der Waals surface area contributed by atoms with Gasteiger partial charge in [0.05, 0.1) is 18.0 Å². The van der Waals surface area contributed by atoms with Crippen molar-refractivity contribution in [1.29, 1.82) is 16.1 Å². The maximum absolute atomic E-state index is 13.0.